The van der Waals surface area contributed by atoms with E-state index in [4.69, 9.17) is 9.47 Å². The van der Waals surface area contributed by atoms with Gasteiger partial charge >= 0.3 is 0 Å². The SMILES string of the molecule is O=C1N(c2ccc(F)cc2)c2ccccc2C1(O)c1cc2c(cc1O)OCCO2. The summed E-state index contributed by atoms with van der Waals surface area (Å²) in [5.74, 6) is -0.732. The first kappa shape index (κ1) is 17.5. The van der Waals surface area contributed by atoms with E-state index in [0.717, 1.165) is 0 Å². The highest BCUT2D eigenvalue weighted by Crippen LogP contribution is 2.51. The molecule has 0 aromatic heterocycles. The fourth-order valence-corrected chi connectivity index (χ4v) is 3.84. The van der Waals surface area contributed by atoms with Gasteiger partial charge in [0.25, 0.3) is 5.91 Å². The number of para-hydroxylation sites is 1. The lowest BCUT2D eigenvalue weighted by Gasteiger charge is -2.27. The first-order valence-corrected chi connectivity index (χ1v) is 9.05. The largest absolute Gasteiger partial charge is 0.507 e. The lowest BCUT2D eigenvalue weighted by Crippen LogP contribution is -2.39. The monoisotopic (exact) mass is 393 g/mol. The van der Waals surface area contributed by atoms with Crippen LogP contribution in [0.15, 0.2) is 60.7 Å². The number of hydrogen-bond acceptors (Lipinski definition) is 5. The summed E-state index contributed by atoms with van der Waals surface area (Å²) in [5.41, 5.74) is -1.01. The molecule has 3 aromatic carbocycles. The molecule has 0 radical (unpaired) electrons. The van der Waals surface area contributed by atoms with Crippen LogP contribution in [0.1, 0.15) is 11.1 Å². The summed E-state index contributed by atoms with van der Waals surface area (Å²) in [4.78, 5) is 14.8. The number of rotatable bonds is 2. The maximum atomic E-state index is 13.5. The van der Waals surface area contributed by atoms with Crippen LogP contribution in [-0.2, 0) is 10.4 Å². The molecule has 0 fully saturated rings. The van der Waals surface area contributed by atoms with Crippen molar-refractivity contribution in [2.75, 3.05) is 18.1 Å². The average molecular weight is 393 g/mol. The summed E-state index contributed by atoms with van der Waals surface area (Å²) >= 11 is 0. The molecule has 7 heteroatoms. The lowest BCUT2D eigenvalue weighted by molar-refractivity contribution is -0.131. The molecule has 1 atom stereocenters. The third-order valence-corrected chi connectivity index (χ3v) is 5.18. The van der Waals surface area contributed by atoms with Gasteiger partial charge in [-0.2, -0.15) is 0 Å². The van der Waals surface area contributed by atoms with Crippen molar-refractivity contribution in [2.45, 2.75) is 5.60 Å². The van der Waals surface area contributed by atoms with Crippen molar-refractivity contribution in [3.05, 3.63) is 77.6 Å². The predicted molar refractivity (Wildman–Crippen MR) is 102 cm³/mol. The zero-order valence-electron chi connectivity index (χ0n) is 15.1. The fourth-order valence-electron chi connectivity index (χ4n) is 3.84. The number of aromatic hydroxyl groups is 1. The minimum Gasteiger partial charge on any atom is -0.507 e. The van der Waals surface area contributed by atoms with E-state index in [1.807, 2.05) is 0 Å². The Bertz CT molecular complexity index is 1130. The van der Waals surface area contributed by atoms with E-state index in [9.17, 15) is 19.4 Å². The molecule has 2 N–H and O–H groups in total. The lowest BCUT2D eigenvalue weighted by atomic mass is 9.86. The molecular weight excluding hydrogens is 377 g/mol. The smallest absolute Gasteiger partial charge is 0.273 e. The van der Waals surface area contributed by atoms with Gasteiger partial charge < -0.3 is 19.7 Å². The molecule has 146 valence electrons. The molecule has 0 bridgehead atoms. The Hall–Kier alpha value is -3.58. The van der Waals surface area contributed by atoms with Crippen LogP contribution >= 0.6 is 0 Å². The quantitative estimate of drug-likeness (QED) is 0.699. The van der Waals surface area contributed by atoms with Gasteiger partial charge in [0.2, 0.25) is 5.60 Å². The highest BCUT2D eigenvalue weighted by Gasteiger charge is 2.53. The van der Waals surface area contributed by atoms with Gasteiger partial charge in [-0.25, -0.2) is 4.39 Å². The van der Waals surface area contributed by atoms with Crippen molar-refractivity contribution in [1.82, 2.24) is 0 Å². The summed E-state index contributed by atoms with van der Waals surface area (Å²) in [7, 11) is 0. The van der Waals surface area contributed by atoms with Crippen molar-refractivity contribution in [3.63, 3.8) is 0 Å². The van der Waals surface area contributed by atoms with Crippen molar-refractivity contribution >= 4 is 17.3 Å². The van der Waals surface area contributed by atoms with Gasteiger partial charge in [-0.05, 0) is 36.4 Å². The second kappa shape index (κ2) is 6.22. The minimum atomic E-state index is -2.15. The van der Waals surface area contributed by atoms with E-state index < -0.39 is 17.3 Å². The third kappa shape index (κ3) is 2.48. The molecule has 3 aromatic rings. The Kier molecular flexibility index (Phi) is 3.75. The van der Waals surface area contributed by atoms with E-state index >= 15 is 0 Å². The van der Waals surface area contributed by atoms with Gasteiger partial charge in [0, 0.05) is 22.9 Å². The zero-order chi connectivity index (χ0) is 20.2. The van der Waals surface area contributed by atoms with Crippen LogP contribution in [0, 0.1) is 5.82 Å². The minimum absolute atomic E-state index is 0.0104. The number of halogens is 1. The van der Waals surface area contributed by atoms with Gasteiger partial charge in [-0.3, -0.25) is 9.69 Å². The van der Waals surface area contributed by atoms with Crippen LogP contribution in [0.25, 0.3) is 0 Å². The van der Waals surface area contributed by atoms with Gasteiger partial charge in [-0.15, -0.1) is 0 Å². The van der Waals surface area contributed by atoms with Gasteiger partial charge in [-0.1, -0.05) is 18.2 Å². The average Bonchev–Trinajstić information content (AvgIpc) is 2.96. The molecule has 2 heterocycles. The molecule has 5 rings (SSSR count). The summed E-state index contributed by atoms with van der Waals surface area (Å²) in [5, 5.41) is 22.2. The van der Waals surface area contributed by atoms with E-state index in [2.05, 4.69) is 0 Å². The van der Waals surface area contributed by atoms with Crippen LogP contribution in [0.2, 0.25) is 0 Å². The van der Waals surface area contributed by atoms with Gasteiger partial charge in [0.05, 0.1) is 5.69 Å². The van der Waals surface area contributed by atoms with Gasteiger partial charge in [0.15, 0.2) is 11.5 Å². The predicted octanol–water partition coefficient (Wildman–Crippen LogP) is 3.22. The number of fused-ring (bicyclic) bond motifs is 2. The standard InChI is InChI=1S/C22H16FNO5/c23-13-5-7-14(8-6-13)24-17-4-2-1-3-15(17)22(27,21(24)26)16-11-19-20(12-18(16)25)29-10-9-28-19/h1-8,11-12,25,27H,9-10H2. The Morgan fingerprint density at radius 2 is 1.59 bits per heavy atom. The Labute approximate surface area is 165 Å². The van der Waals surface area contributed by atoms with Crippen LogP contribution in [-0.4, -0.2) is 29.3 Å². The number of carbonyl (C=O) groups is 1. The molecule has 2 aliphatic rings. The molecule has 6 nitrogen and oxygen atoms in total. The number of phenols is 1. The molecule has 29 heavy (non-hydrogen) atoms. The highest BCUT2D eigenvalue weighted by atomic mass is 19.1. The van der Waals surface area contributed by atoms with Crippen molar-refractivity contribution in [1.29, 1.82) is 0 Å². The molecule has 1 unspecified atom stereocenters. The van der Waals surface area contributed by atoms with Crippen LogP contribution in [0.4, 0.5) is 15.8 Å². The van der Waals surface area contributed by atoms with Crippen LogP contribution in [0.5, 0.6) is 17.2 Å². The highest BCUT2D eigenvalue weighted by molar-refractivity contribution is 6.14. The summed E-state index contributed by atoms with van der Waals surface area (Å²) in [6.45, 7) is 0.665. The van der Waals surface area contributed by atoms with E-state index in [0.29, 0.717) is 41.7 Å². The second-order valence-electron chi connectivity index (χ2n) is 6.86. The summed E-state index contributed by atoms with van der Waals surface area (Å²) in [6.07, 6.45) is 0. The number of hydrogen-bond donors (Lipinski definition) is 2. The number of carbonyl (C=O) groups excluding carboxylic acids is 1. The molecule has 0 aliphatic carbocycles. The second-order valence-corrected chi connectivity index (χ2v) is 6.86. The van der Waals surface area contributed by atoms with E-state index in [1.165, 1.54) is 41.3 Å². The number of nitrogens with zero attached hydrogens (tertiary/aromatic N) is 1. The number of anilines is 2. The normalized spacial score (nSPS) is 19.9. The van der Waals surface area contributed by atoms with Crippen LogP contribution in [0.3, 0.4) is 0 Å². The van der Waals surface area contributed by atoms with Crippen molar-refractivity contribution in [2.24, 2.45) is 0 Å². The summed E-state index contributed by atoms with van der Waals surface area (Å²) in [6, 6.07) is 14.9. The van der Waals surface area contributed by atoms with Crippen molar-refractivity contribution in [3.8, 4) is 17.2 Å². The first-order valence-electron chi connectivity index (χ1n) is 9.05. The topological polar surface area (TPSA) is 79.2 Å². The number of benzene rings is 3. The Balaban J connectivity index is 1.71. The Morgan fingerprint density at radius 3 is 2.31 bits per heavy atom. The third-order valence-electron chi connectivity index (χ3n) is 5.18. The molecule has 2 aliphatic heterocycles. The van der Waals surface area contributed by atoms with Crippen LogP contribution < -0.4 is 14.4 Å². The number of amides is 1. The maximum Gasteiger partial charge on any atom is 0.273 e. The molecule has 0 saturated carbocycles. The van der Waals surface area contributed by atoms with E-state index in [-0.39, 0.29) is 11.3 Å². The first-order chi connectivity index (χ1) is 14.0. The summed E-state index contributed by atoms with van der Waals surface area (Å²) < 4.78 is 24.4. The number of aliphatic hydroxyl groups is 1. The van der Waals surface area contributed by atoms with Crippen molar-refractivity contribution < 1.29 is 28.9 Å². The fraction of sp³-hybridized carbons (Fsp3) is 0.136. The molecule has 1 amide bonds. The number of ether oxygens (including phenoxy) is 2. The van der Waals surface area contributed by atoms with E-state index in [1.54, 1.807) is 24.3 Å². The Morgan fingerprint density at radius 1 is 0.931 bits per heavy atom. The number of phenolic OH excluding ortho intramolecular Hbond substituents is 1. The maximum absolute atomic E-state index is 13.5. The zero-order valence-corrected chi connectivity index (χ0v) is 15.1. The molecular formula is C22H16FNO5. The molecule has 0 saturated heterocycles. The van der Waals surface area contributed by atoms with Gasteiger partial charge in [0.1, 0.15) is 24.8 Å². The molecule has 0 spiro atoms.